The lowest BCUT2D eigenvalue weighted by Crippen LogP contribution is -2.24. The summed E-state index contributed by atoms with van der Waals surface area (Å²) < 4.78 is 14.7. The van der Waals surface area contributed by atoms with E-state index < -0.39 is 5.91 Å². The van der Waals surface area contributed by atoms with Gasteiger partial charge in [-0.25, -0.2) is 14.1 Å². The number of halogens is 1. The molecule has 144 valence electrons. The first-order valence-corrected chi connectivity index (χ1v) is 9.22. The minimum Gasteiger partial charge on any atom is -0.345 e. The van der Waals surface area contributed by atoms with E-state index in [0.717, 1.165) is 22.4 Å². The van der Waals surface area contributed by atoms with Gasteiger partial charge in [0.2, 0.25) is 5.82 Å². The van der Waals surface area contributed by atoms with Crippen molar-refractivity contribution < 1.29 is 9.18 Å². The predicted molar refractivity (Wildman–Crippen MR) is 109 cm³/mol. The Morgan fingerprint density at radius 1 is 1.00 bits per heavy atom. The molecule has 0 aliphatic carbocycles. The van der Waals surface area contributed by atoms with Crippen LogP contribution in [0.4, 0.5) is 4.39 Å². The van der Waals surface area contributed by atoms with Crippen molar-refractivity contribution in [3.63, 3.8) is 0 Å². The number of benzene rings is 3. The molecule has 0 atom stereocenters. The number of rotatable bonds is 5. The summed E-state index contributed by atoms with van der Waals surface area (Å²) in [5.74, 6) is -0.0420. The number of nitrogens with zero attached hydrogens (tertiary/aromatic N) is 3. The standard InChI is InChI=1S/C23H19FN4O/c1-16-6-5-9-20(14-16)28-22(18-7-3-2-4-8-18)26-21(27-28)23(29)25-15-17-10-12-19(24)13-11-17/h2-14H,15H2,1H3,(H,25,29). The number of amides is 1. The number of carbonyl (C=O) groups excluding carboxylic acids is 1. The smallest absolute Gasteiger partial charge is 0.291 e. The summed E-state index contributed by atoms with van der Waals surface area (Å²) >= 11 is 0. The van der Waals surface area contributed by atoms with Crippen molar-refractivity contribution in [3.8, 4) is 17.1 Å². The highest BCUT2D eigenvalue weighted by Crippen LogP contribution is 2.21. The number of hydrogen-bond acceptors (Lipinski definition) is 3. The fraction of sp³-hybridized carbons (Fsp3) is 0.0870. The number of nitrogens with one attached hydrogen (secondary N) is 1. The third-order valence-corrected chi connectivity index (χ3v) is 4.45. The van der Waals surface area contributed by atoms with E-state index in [9.17, 15) is 9.18 Å². The highest BCUT2D eigenvalue weighted by Gasteiger charge is 2.18. The van der Waals surface area contributed by atoms with Crippen LogP contribution in [0, 0.1) is 12.7 Å². The molecule has 1 aromatic heterocycles. The van der Waals surface area contributed by atoms with Gasteiger partial charge in [-0.2, -0.15) is 0 Å². The van der Waals surface area contributed by atoms with Crippen LogP contribution in [0.25, 0.3) is 17.1 Å². The van der Waals surface area contributed by atoms with Crippen LogP contribution in [0.3, 0.4) is 0 Å². The molecule has 0 aliphatic rings. The molecule has 3 aromatic carbocycles. The maximum Gasteiger partial charge on any atom is 0.291 e. The Morgan fingerprint density at radius 2 is 1.76 bits per heavy atom. The average Bonchev–Trinajstić information content (AvgIpc) is 3.19. The minimum atomic E-state index is -0.391. The molecular formula is C23H19FN4O. The van der Waals surface area contributed by atoms with E-state index in [4.69, 9.17) is 0 Å². The van der Waals surface area contributed by atoms with Crippen LogP contribution in [0.2, 0.25) is 0 Å². The second kappa shape index (κ2) is 8.06. The highest BCUT2D eigenvalue weighted by atomic mass is 19.1. The summed E-state index contributed by atoms with van der Waals surface area (Å²) in [4.78, 5) is 17.1. The van der Waals surface area contributed by atoms with Crippen LogP contribution in [-0.2, 0) is 6.54 Å². The maximum absolute atomic E-state index is 13.0. The van der Waals surface area contributed by atoms with Gasteiger partial charge in [0.05, 0.1) is 5.69 Å². The predicted octanol–water partition coefficient (Wildman–Crippen LogP) is 4.31. The first-order chi connectivity index (χ1) is 14.1. The van der Waals surface area contributed by atoms with Crippen LogP contribution in [0.1, 0.15) is 21.7 Å². The molecule has 1 heterocycles. The SMILES string of the molecule is Cc1cccc(-n2nc(C(=O)NCc3ccc(F)cc3)nc2-c2ccccc2)c1. The fourth-order valence-corrected chi connectivity index (χ4v) is 2.99. The van der Waals surface area contributed by atoms with Crippen LogP contribution < -0.4 is 5.32 Å². The van der Waals surface area contributed by atoms with E-state index in [2.05, 4.69) is 15.4 Å². The average molecular weight is 386 g/mol. The Morgan fingerprint density at radius 3 is 2.48 bits per heavy atom. The second-order valence-corrected chi connectivity index (χ2v) is 6.68. The van der Waals surface area contributed by atoms with Gasteiger partial charge in [0, 0.05) is 12.1 Å². The van der Waals surface area contributed by atoms with E-state index in [1.165, 1.54) is 12.1 Å². The molecule has 0 aliphatic heterocycles. The van der Waals surface area contributed by atoms with Crippen LogP contribution in [0.15, 0.2) is 78.9 Å². The van der Waals surface area contributed by atoms with Crippen LogP contribution in [0.5, 0.6) is 0 Å². The summed E-state index contributed by atoms with van der Waals surface area (Å²) in [7, 11) is 0. The first-order valence-electron chi connectivity index (χ1n) is 9.22. The summed E-state index contributed by atoms with van der Waals surface area (Å²) in [6.45, 7) is 2.26. The molecule has 0 saturated carbocycles. The van der Waals surface area contributed by atoms with Crippen molar-refractivity contribution in [2.75, 3.05) is 0 Å². The molecule has 0 saturated heterocycles. The van der Waals surface area contributed by atoms with Crippen molar-refractivity contribution in [1.29, 1.82) is 0 Å². The van der Waals surface area contributed by atoms with Crippen molar-refractivity contribution >= 4 is 5.91 Å². The largest absolute Gasteiger partial charge is 0.345 e. The van der Waals surface area contributed by atoms with Gasteiger partial charge in [-0.1, -0.05) is 54.6 Å². The van der Waals surface area contributed by atoms with E-state index in [1.807, 2.05) is 61.5 Å². The number of hydrogen-bond donors (Lipinski definition) is 1. The van der Waals surface area contributed by atoms with Crippen molar-refractivity contribution in [2.45, 2.75) is 13.5 Å². The van der Waals surface area contributed by atoms with Gasteiger partial charge in [0.15, 0.2) is 5.82 Å². The minimum absolute atomic E-state index is 0.0764. The molecule has 1 N–H and O–H groups in total. The quantitative estimate of drug-likeness (QED) is 0.556. The van der Waals surface area contributed by atoms with Gasteiger partial charge in [-0.05, 0) is 42.3 Å². The lowest BCUT2D eigenvalue weighted by molar-refractivity contribution is 0.0940. The van der Waals surface area contributed by atoms with E-state index in [1.54, 1.807) is 16.8 Å². The molecule has 0 fully saturated rings. The van der Waals surface area contributed by atoms with E-state index >= 15 is 0 Å². The fourth-order valence-electron chi connectivity index (χ4n) is 2.99. The molecule has 0 radical (unpaired) electrons. The molecule has 0 spiro atoms. The van der Waals surface area contributed by atoms with E-state index in [0.29, 0.717) is 5.82 Å². The maximum atomic E-state index is 13.0. The van der Waals surface area contributed by atoms with Crippen molar-refractivity contribution in [1.82, 2.24) is 20.1 Å². The normalized spacial score (nSPS) is 10.7. The topological polar surface area (TPSA) is 59.8 Å². The summed E-state index contributed by atoms with van der Waals surface area (Å²) in [5, 5.41) is 7.25. The first kappa shape index (κ1) is 18.6. The molecule has 1 amide bonds. The molecule has 29 heavy (non-hydrogen) atoms. The van der Waals surface area contributed by atoms with Gasteiger partial charge in [0.1, 0.15) is 5.82 Å². The van der Waals surface area contributed by atoms with Crippen LogP contribution >= 0.6 is 0 Å². The highest BCUT2D eigenvalue weighted by molar-refractivity contribution is 5.91. The Balaban J connectivity index is 1.65. The summed E-state index contributed by atoms with van der Waals surface area (Å²) in [5.41, 5.74) is 3.56. The number of aryl methyl sites for hydroxylation is 1. The zero-order chi connectivity index (χ0) is 20.2. The van der Waals surface area contributed by atoms with E-state index in [-0.39, 0.29) is 18.2 Å². The van der Waals surface area contributed by atoms with Crippen molar-refractivity contribution in [2.24, 2.45) is 0 Å². The zero-order valence-corrected chi connectivity index (χ0v) is 15.8. The lowest BCUT2D eigenvalue weighted by atomic mass is 10.2. The molecule has 0 bridgehead atoms. The monoisotopic (exact) mass is 386 g/mol. The molecule has 6 heteroatoms. The van der Waals surface area contributed by atoms with Gasteiger partial charge in [-0.3, -0.25) is 4.79 Å². The zero-order valence-electron chi connectivity index (χ0n) is 15.8. The lowest BCUT2D eigenvalue weighted by Gasteiger charge is -2.06. The summed E-state index contributed by atoms with van der Waals surface area (Å²) in [6.07, 6.45) is 0. The van der Waals surface area contributed by atoms with Gasteiger partial charge in [0.25, 0.3) is 5.91 Å². The third kappa shape index (κ3) is 4.21. The Hall–Kier alpha value is -3.80. The second-order valence-electron chi connectivity index (χ2n) is 6.68. The third-order valence-electron chi connectivity index (χ3n) is 4.45. The van der Waals surface area contributed by atoms with Crippen molar-refractivity contribution in [3.05, 3.63) is 102 Å². The molecule has 4 rings (SSSR count). The summed E-state index contributed by atoms with van der Waals surface area (Å²) in [6, 6.07) is 23.4. The van der Waals surface area contributed by atoms with Gasteiger partial charge >= 0.3 is 0 Å². The van der Waals surface area contributed by atoms with Gasteiger partial charge < -0.3 is 5.32 Å². The molecule has 0 unspecified atom stereocenters. The number of carbonyl (C=O) groups is 1. The Kier molecular flexibility index (Phi) is 5.16. The van der Waals surface area contributed by atoms with Crippen LogP contribution in [-0.4, -0.2) is 20.7 Å². The number of aromatic nitrogens is 3. The molecular weight excluding hydrogens is 367 g/mol. The molecule has 5 nitrogen and oxygen atoms in total. The molecule has 4 aromatic rings. The van der Waals surface area contributed by atoms with Gasteiger partial charge in [-0.15, -0.1) is 5.10 Å². The Labute approximate surface area is 167 Å². The Bertz CT molecular complexity index is 1140.